The van der Waals surface area contributed by atoms with Crippen molar-refractivity contribution < 1.29 is 38.9 Å². The normalized spacial score (nSPS) is 17.2. The van der Waals surface area contributed by atoms with Gasteiger partial charge in [0.05, 0.1) is 6.42 Å². The molecule has 4 N–H and O–H groups in total. The Hall–Kier alpha value is -3.63. The second kappa shape index (κ2) is 11.8. The van der Waals surface area contributed by atoms with E-state index < -0.39 is 60.3 Å². The van der Waals surface area contributed by atoms with E-state index in [4.69, 9.17) is 14.9 Å². The number of likely N-dealkylation sites (tertiary alicyclic amines) is 1. The van der Waals surface area contributed by atoms with Gasteiger partial charge in [0.15, 0.2) is 0 Å². The van der Waals surface area contributed by atoms with Gasteiger partial charge >= 0.3 is 18.0 Å². The van der Waals surface area contributed by atoms with Crippen molar-refractivity contribution in [1.82, 2.24) is 15.5 Å². The Kier molecular flexibility index (Phi) is 9.19. The van der Waals surface area contributed by atoms with Gasteiger partial charge in [-0.25, -0.2) is 9.59 Å². The molecule has 33 heavy (non-hydrogen) atoms. The molecule has 180 valence electrons. The van der Waals surface area contributed by atoms with Crippen molar-refractivity contribution in [1.29, 1.82) is 0 Å². The van der Waals surface area contributed by atoms with Crippen molar-refractivity contribution in [3.05, 3.63) is 35.9 Å². The summed E-state index contributed by atoms with van der Waals surface area (Å²) in [6, 6.07) is 5.50. The minimum Gasteiger partial charge on any atom is -0.481 e. The maximum atomic E-state index is 12.9. The predicted octanol–water partition coefficient (Wildman–Crippen LogP) is 0.973. The number of nitrogens with one attached hydrogen (secondary N) is 2. The third kappa shape index (κ3) is 7.48. The van der Waals surface area contributed by atoms with E-state index in [1.54, 1.807) is 13.8 Å². The molecule has 0 unspecified atom stereocenters. The first-order chi connectivity index (χ1) is 15.6. The molecule has 1 heterocycles. The highest BCUT2D eigenvalue weighted by Crippen LogP contribution is 2.20. The van der Waals surface area contributed by atoms with Gasteiger partial charge in [0, 0.05) is 6.54 Å². The highest BCUT2D eigenvalue weighted by atomic mass is 16.6. The molecular weight excluding hydrogens is 434 g/mol. The SMILES string of the molecule is CC(C)[C@H](NC(=O)[C@@H]1CCCN1C(=O)OCc1ccccc1)C(=O)N[C@@H](CC(=O)O)C(=O)O. The zero-order valence-electron chi connectivity index (χ0n) is 18.5. The molecule has 0 saturated carbocycles. The van der Waals surface area contributed by atoms with Crippen LogP contribution in [0, 0.1) is 5.92 Å². The number of aliphatic carboxylic acids is 2. The van der Waals surface area contributed by atoms with Gasteiger partial charge in [-0.2, -0.15) is 0 Å². The first kappa shape index (κ1) is 25.6. The molecule has 1 aromatic rings. The lowest BCUT2D eigenvalue weighted by Gasteiger charge is -2.28. The van der Waals surface area contributed by atoms with Crippen LogP contribution in [0.25, 0.3) is 0 Å². The van der Waals surface area contributed by atoms with E-state index in [2.05, 4.69) is 10.6 Å². The van der Waals surface area contributed by atoms with E-state index in [1.807, 2.05) is 30.3 Å². The second-order valence-corrected chi connectivity index (χ2v) is 8.12. The number of carboxylic acids is 2. The van der Waals surface area contributed by atoms with Gasteiger partial charge in [-0.15, -0.1) is 0 Å². The number of ether oxygens (including phenoxy) is 1. The highest BCUT2D eigenvalue weighted by molar-refractivity contribution is 5.94. The Morgan fingerprint density at radius 1 is 1.09 bits per heavy atom. The molecule has 0 spiro atoms. The van der Waals surface area contributed by atoms with Crippen LogP contribution in [0.3, 0.4) is 0 Å². The van der Waals surface area contributed by atoms with E-state index in [-0.39, 0.29) is 6.61 Å². The van der Waals surface area contributed by atoms with Gasteiger partial charge in [-0.1, -0.05) is 44.2 Å². The molecule has 1 fully saturated rings. The number of rotatable bonds is 10. The minimum absolute atomic E-state index is 0.0572. The molecule has 11 nitrogen and oxygen atoms in total. The lowest BCUT2D eigenvalue weighted by atomic mass is 10.0. The molecule has 1 aromatic carbocycles. The molecule has 3 atom stereocenters. The number of nitrogens with zero attached hydrogens (tertiary/aromatic N) is 1. The van der Waals surface area contributed by atoms with Crippen molar-refractivity contribution in [2.75, 3.05) is 6.54 Å². The second-order valence-electron chi connectivity index (χ2n) is 8.12. The van der Waals surface area contributed by atoms with E-state index in [1.165, 1.54) is 4.90 Å². The molecule has 2 rings (SSSR count). The molecule has 0 aliphatic carbocycles. The Morgan fingerprint density at radius 2 is 1.76 bits per heavy atom. The third-order valence-corrected chi connectivity index (χ3v) is 5.24. The van der Waals surface area contributed by atoms with Crippen molar-refractivity contribution in [3.8, 4) is 0 Å². The van der Waals surface area contributed by atoms with Gasteiger partial charge in [0.25, 0.3) is 0 Å². The van der Waals surface area contributed by atoms with Gasteiger partial charge in [0.2, 0.25) is 11.8 Å². The van der Waals surface area contributed by atoms with E-state index in [9.17, 15) is 24.0 Å². The summed E-state index contributed by atoms with van der Waals surface area (Å²) in [5, 5.41) is 22.7. The maximum Gasteiger partial charge on any atom is 0.410 e. The van der Waals surface area contributed by atoms with Crippen molar-refractivity contribution in [3.63, 3.8) is 0 Å². The standard InChI is InChI=1S/C22H29N3O8/c1-13(2)18(20(29)23-15(21(30)31)11-17(26)27)24-19(28)16-9-6-10-25(16)22(32)33-12-14-7-4-3-5-8-14/h3-5,7-8,13,15-16,18H,6,9-12H2,1-2H3,(H,23,29)(H,24,28)(H,26,27)(H,30,31)/t15-,16-,18-/m0/s1. The Morgan fingerprint density at radius 3 is 2.33 bits per heavy atom. The number of amides is 3. The van der Waals surface area contributed by atoms with Crippen LogP contribution in [-0.4, -0.2) is 69.6 Å². The van der Waals surface area contributed by atoms with E-state index in [0.717, 1.165) is 5.56 Å². The first-order valence-corrected chi connectivity index (χ1v) is 10.6. The number of carbonyl (C=O) groups is 5. The summed E-state index contributed by atoms with van der Waals surface area (Å²) in [7, 11) is 0. The Balaban J connectivity index is 2.01. The smallest absolute Gasteiger partial charge is 0.410 e. The Labute approximate surface area is 191 Å². The zero-order chi connectivity index (χ0) is 24.5. The van der Waals surface area contributed by atoms with Crippen LogP contribution in [0.5, 0.6) is 0 Å². The fourth-order valence-electron chi connectivity index (χ4n) is 3.48. The first-order valence-electron chi connectivity index (χ1n) is 10.6. The van der Waals surface area contributed by atoms with Crippen LogP contribution in [-0.2, 0) is 30.5 Å². The number of carboxylic acid groups (broad SMARTS) is 2. The minimum atomic E-state index is -1.64. The monoisotopic (exact) mass is 463 g/mol. The molecule has 1 aliphatic heterocycles. The molecule has 0 aromatic heterocycles. The average Bonchev–Trinajstić information content (AvgIpc) is 3.25. The fraction of sp³-hybridized carbons (Fsp3) is 0.500. The fourth-order valence-corrected chi connectivity index (χ4v) is 3.48. The molecule has 1 saturated heterocycles. The van der Waals surface area contributed by atoms with Gasteiger partial charge in [-0.3, -0.25) is 19.3 Å². The lowest BCUT2D eigenvalue weighted by molar-refractivity contribution is -0.147. The summed E-state index contributed by atoms with van der Waals surface area (Å²) in [5.41, 5.74) is 0.803. The number of benzene rings is 1. The number of carbonyl (C=O) groups excluding carboxylic acids is 3. The molecule has 1 aliphatic rings. The average molecular weight is 463 g/mol. The molecule has 0 bridgehead atoms. The summed E-state index contributed by atoms with van der Waals surface area (Å²) in [6.45, 7) is 3.68. The van der Waals surface area contributed by atoms with Crippen LogP contribution < -0.4 is 10.6 Å². The summed E-state index contributed by atoms with van der Waals surface area (Å²) >= 11 is 0. The van der Waals surface area contributed by atoms with E-state index >= 15 is 0 Å². The van der Waals surface area contributed by atoms with E-state index in [0.29, 0.717) is 19.4 Å². The Bertz CT molecular complexity index is 874. The van der Waals surface area contributed by atoms with Gasteiger partial charge in [0.1, 0.15) is 24.7 Å². The summed E-state index contributed by atoms with van der Waals surface area (Å²) in [5.74, 6) is -4.69. The van der Waals surface area contributed by atoms with Crippen molar-refractivity contribution >= 4 is 29.8 Å². The number of hydrogen-bond donors (Lipinski definition) is 4. The quantitative estimate of drug-likeness (QED) is 0.399. The molecule has 11 heteroatoms. The third-order valence-electron chi connectivity index (χ3n) is 5.24. The molecular formula is C22H29N3O8. The van der Waals surface area contributed by atoms with Crippen LogP contribution >= 0.6 is 0 Å². The van der Waals surface area contributed by atoms with Crippen LogP contribution in [0.2, 0.25) is 0 Å². The van der Waals surface area contributed by atoms with Gasteiger partial charge < -0.3 is 25.6 Å². The van der Waals surface area contributed by atoms with Crippen LogP contribution in [0.1, 0.15) is 38.7 Å². The summed E-state index contributed by atoms with van der Waals surface area (Å²) in [6.07, 6.45) is -0.482. The zero-order valence-corrected chi connectivity index (χ0v) is 18.5. The largest absolute Gasteiger partial charge is 0.481 e. The highest BCUT2D eigenvalue weighted by Gasteiger charge is 2.38. The topological polar surface area (TPSA) is 162 Å². The predicted molar refractivity (Wildman–Crippen MR) is 115 cm³/mol. The lowest BCUT2D eigenvalue weighted by Crippen LogP contribution is -2.57. The van der Waals surface area contributed by atoms with Crippen molar-refractivity contribution in [2.45, 2.75) is 57.8 Å². The maximum absolute atomic E-state index is 12.9. The van der Waals surface area contributed by atoms with Crippen LogP contribution in [0.15, 0.2) is 30.3 Å². The van der Waals surface area contributed by atoms with Crippen molar-refractivity contribution in [2.24, 2.45) is 5.92 Å². The molecule has 3 amide bonds. The van der Waals surface area contributed by atoms with Crippen LogP contribution in [0.4, 0.5) is 4.79 Å². The molecule has 0 radical (unpaired) electrons. The van der Waals surface area contributed by atoms with Gasteiger partial charge in [-0.05, 0) is 24.3 Å². The number of hydrogen-bond acceptors (Lipinski definition) is 6. The summed E-state index contributed by atoms with van der Waals surface area (Å²) in [4.78, 5) is 61.5. The summed E-state index contributed by atoms with van der Waals surface area (Å²) < 4.78 is 5.32.